The van der Waals surface area contributed by atoms with Crippen LogP contribution >= 0.6 is 11.6 Å². The molecule has 2 aromatic rings. The molecule has 0 spiro atoms. The molecule has 0 aromatic heterocycles. The number of amides is 4. The molecule has 2 N–H and O–H groups in total. The van der Waals surface area contributed by atoms with E-state index in [0.29, 0.717) is 12.2 Å². The zero-order valence-electron chi connectivity index (χ0n) is 16.7. The van der Waals surface area contributed by atoms with Crippen molar-refractivity contribution in [1.29, 1.82) is 0 Å². The van der Waals surface area contributed by atoms with Crippen LogP contribution in [0.25, 0.3) is 0 Å². The van der Waals surface area contributed by atoms with Crippen molar-refractivity contribution in [1.82, 2.24) is 10.2 Å². The first-order valence-electron chi connectivity index (χ1n) is 9.27. The van der Waals surface area contributed by atoms with Gasteiger partial charge in [-0.25, -0.2) is 4.79 Å². The largest absolute Gasteiger partial charge is 0.494 e. The number of nitrogens with zero attached hydrogens (tertiary/aromatic N) is 2. The van der Waals surface area contributed by atoms with E-state index in [-0.39, 0.29) is 22.1 Å². The van der Waals surface area contributed by atoms with E-state index in [1.165, 1.54) is 25.1 Å². The quantitative estimate of drug-likeness (QED) is 0.382. The predicted molar refractivity (Wildman–Crippen MR) is 112 cm³/mol. The third-order valence-corrected chi connectivity index (χ3v) is 5.07. The van der Waals surface area contributed by atoms with Gasteiger partial charge in [-0.15, -0.1) is 0 Å². The maximum atomic E-state index is 12.9. The van der Waals surface area contributed by atoms with E-state index < -0.39 is 34.9 Å². The Balaban J connectivity index is 1.78. The molecule has 10 nitrogen and oxygen atoms in total. The predicted octanol–water partition coefficient (Wildman–Crippen LogP) is 3.05. The van der Waals surface area contributed by atoms with Gasteiger partial charge in [0.2, 0.25) is 5.91 Å². The number of nitro benzene ring substituents is 1. The average Bonchev–Trinajstić information content (AvgIpc) is 2.93. The Morgan fingerprint density at radius 3 is 2.65 bits per heavy atom. The summed E-state index contributed by atoms with van der Waals surface area (Å²) in [6.45, 7) is 2.91. The fourth-order valence-corrected chi connectivity index (χ4v) is 3.57. The molecule has 1 heterocycles. The summed E-state index contributed by atoms with van der Waals surface area (Å²) in [5, 5.41) is 16.6. The van der Waals surface area contributed by atoms with E-state index in [9.17, 15) is 24.5 Å². The summed E-state index contributed by atoms with van der Waals surface area (Å²) >= 11 is 6.17. The molecule has 1 aliphatic rings. The van der Waals surface area contributed by atoms with Gasteiger partial charge in [-0.2, -0.15) is 0 Å². The molecule has 1 saturated heterocycles. The maximum Gasteiger partial charge on any atom is 0.325 e. The second kappa shape index (κ2) is 8.60. The highest BCUT2D eigenvalue weighted by atomic mass is 35.5. The van der Waals surface area contributed by atoms with Crippen molar-refractivity contribution in [2.75, 3.05) is 18.5 Å². The number of carbonyl (C=O) groups excluding carboxylic acids is 3. The molecule has 0 saturated carbocycles. The van der Waals surface area contributed by atoms with Gasteiger partial charge in [0, 0.05) is 10.6 Å². The molecule has 162 valence electrons. The van der Waals surface area contributed by atoms with Crippen LogP contribution in [-0.2, 0) is 15.1 Å². The fourth-order valence-electron chi connectivity index (χ4n) is 3.25. The van der Waals surface area contributed by atoms with E-state index in [1.807, 2.05) is 0 Å². The summed E-state index contributed by atoms with van der Waals surface area (Å²) in [7, 11) is 0. The van der Waals surface area contributed by atoms with E-state index >= 15 is 0 Å². The van der Waals surface area contributed by atoms with E-state index in [2.05, 4.69) is 10.6 Å². The number of urea groups is 1. The number of carbonyl (C=O) groups is 3. The Morgan fingerprint density at radius 2 is 2.00 bits per heavy atom. The van der Waals surface area contributed by atoms with Crippen molar-refractivity contribution in [2.24, 2.45) is 0 Å². The summed E-state index contributed by atoms with van der Waals surface area (Å²) in [6.07, 6.45) is 0. The number of nitro groups is 1. The molecule has 1 atom stereocenters. The first-order valence-corrected chi connectivity index (χ1v) is 9.65. The van der Waals surface area contributed by atoms with Crippen LogP contribution in [0.3, 0.4) is 0 Å². The molecule has 3 rings (SSSR count). The molecular weight excluding hydrogens is 428 g/mol. The standard InChI is InChI=1S/C20H19ClN4O6/c1-3-31-12-8-9-15(16(10-12)25(29)30)22-17(26)11-24-18(27)20(2,23-19(24)28)13-6-4-5-7-14(13)21/h4-10H,3,11H2,1-2H3,(H,22,26)(H,23,28)/t20-/m0/s1. The second-order valence-electron chi connectivity index (χ2n) is 6.84. The molecule has 0 aliphatic carbocycles. The minimum absolute atomic E-state index is 0.0839. The minimum Gasteiger partial charge on any atom is -0.494 e. The van der Waals surface area contributed by atoms with Crippen LogP contribution in [0.1, 0.15) is 19.4 Å². The summed E-state index contributed by atoms with van der Waals surface area (Å²) in [6, 6.07) is 9.74. The maximum absolute atomic E-state index is 12.9. The lowest BCUT2D eigenvalue weighted by molar-refractivity contribution is -0.384. The summed E-state index contributed by atoms with van der Waals surface area (Å²) < 4.78 is 5.23. The molecule has 31 heavy (non-hydrogen) atoms. The fraction of sp³-hybridized carbons (Fsp3) is 0.250. The average molecular weight is 447 g/mol. The lowest BCUT2D eigenvalue weighted by Gasteiger charge is -2.23. The van der Waals surface area contributed by atoms with Crippen LogP contribution in [0.5, 0.6) is 5.75 Å². The highest BCUT2D eigenvalue weighted by molar-refractivity contribution is 6.32. The Bertz CT molecular complexity index is 1080. The van der Waals surface area contributed by atoms with Gasteiger partial charge in [0.1, 0.15) is 23.5 Å². The highest BCUT2D eigenvalue weighted by Crippen LogP contribution is 2.33. The van der Waals surface area contributed by atoms with Crippen molar-refractivity contribution >= 4 is 40.8 Å². The number of rotatable bonds is 7. The van der Waals surface area contributed by atoms with Gasteiger partial charge < -0.3 is 15.4 Å². The number of anilines is 1. The van der Waals surface area contributed by atoms with Crippen LogP contribution in [0.2, 0.25) is 5.02 Å². The Kier molecular flexibility index (Phi) is 6.11. The van der Waals surface area contributed by atoms with Crippen LogP contribution in [0.15, 0.2) is 42.5 Å². The lowest BCUT2D eigenvalue weighted by atomic mass is 9.92. The number of halogens is 1. The van der Waals surface area contributed by atoms with Gasteiger partial charge in [-0.3, -0.25) is 24.6 Å². The van der Waals surface area contributed by atoms with Crippen molar-refractivity contribution in [3.05, 3.63) is 63.2 Å². The van der Waals surface area contributed by atoms with Crippen molar-refractivity contribution < 1.29 is 24.0 Å². The first-order chi connectivity index (χ1) is 14.7. The van der Waals surface area contributed by atoms with E-state index in [0.717, 1.165) is 4.90 Å². The van der Waals surface area contributed by atoms with Gasteiger partial charge in [0.25, 0.3) is 11.6 Å². The van der Waals surface area contributed by atoms with Gasteiger partial charge >= 0.3 is 6.03 Å². The summed E-state index contributed by atoms with van der Waals surface area (Å²) in [5.41, 5.74) is -1.52. The van der Waals surface area contributed by atoms with Crippen molar-refractivity contribution in [2.45, 2.75) is 19.4 Å². The van der Waals surface area contributed by atoms with Gasteiger partial charge in [-0.05, 0) is 32.0 Å². The number of hydrogen-bond donors (Lipinski definition) is 2. The number of imide groups is 1. The third-order valence-electron chi connectivity index (χ3n) is 4.74. The summed E-state index contributed by atoms with van der Waals surface area (Å²) in [4.78, 5) is 49.3. The smallest absolute Gasteiger partial charge is 0.325 e. The monoisotopic (exact) mass is 446 g/mol. The Morgan fingerprint density at radius 1 is 1.29 bits per heavy atom. The normalized spacial score (nSPS) is 18.0. The molecule has 1 fully saturated rings. The molecule has 4 amide bonds. The number of hydrogen-bond acceptors (Lipinski definition) is 6. The van der Waals surface area contributed by atoms with Crippen molar-refractivity contribution in [3.63, 3.8) is 0 Å². The molecule has 0 radical (unpaired) electrons. The Labute approximate surface area is 182 Å². The molecule has 1 aliphatic heterocycles. The summed E-state index contributed by atoms with van der Waals surface area (Å²) in [5.74, 6) is -1.17. The van der Waals surface area contributed by atoms with Crippen LogP contribution in [0.4, 0.5) is 16.2 Å². The van der Waals surface area contributed by atoms with Gasteiger partial charge in [0.05, 0.1) is 17.6 Å². The first kappa shape index (κ1) is 22.0. The zero-order valence-corrected chi connectivity index (χ0v) is 17.4. The lowest BCUT2D eigenvalue weighted by Crippen LogP contribution is -2.42. The van der Waals surface area contributed by atoms with E-state index in [4.69, 9.17) is 16.3 Å². The minimum atomic E-state index is -1.44. The zero-order chi connectivity index (χ0) is 22.8. The second-order valence-corrected chi connectivity index (χ2v) is 7.25. The SMILES string of the molecule is CCOc1ccc(NC(=O)CN2C(=O)N[C@@](C)(c3ccccc3Cl)C2=O)c([N+](=O)[O-])c1. The topological polar surface area (TPSA) is 131 Å². The Hall–Kier alpha value is -3.66. The molecule has 11 heteroatoms. The van der Waals surface area contributed by atoms with Crippen LogP contribution in [-0.4, -0.2) is 40.8 Å². The molecule has 0 unspecified atom stereocenters. The number of ether oxygens (including phenoxy) is 1. The van der Waals surface area contributed by atoms with Gasteiger partial charge in [-0.1, -0.05) is 29.8 Å². The third kappa shape index (κ3) is 4.29. The highest BCUT2D eigenvalue weighted by Gasteiger charge is 2.50. The van der Waals surface area contributed by atoms with Crippen LogP contribution in [0, 0.1) is 10.1 Å². The van der Waals surface area contributed by atoms with Crippen LogP contribution < -0.4 is 15.4 Å². The van der Waals surface area contributed by atoms with Crippen molar-refractivity contribution in [3.8, 4) is 5.75 Å². The van der Waals surface area contributed by atoms with E-state index in [1.54, 1.807) is 31.2 Å². The number of nitrogens with one attached hydrogen (secondary N) is 2. The molecular formula is C20H19ClN4O6. The number of benzene rings is 2. The molecule has 2 aromatic carbocycles. The molecule has 0 bridgehead atoms. The van der Waals surface area contributed by atoms with Gasteiger partial charge in [0.15, 0.2) is 0 Å².